The molecule has 1 aliphatic rings. The minimum Gasteiger partial charge on any atom is -0.332 e. The third kappa shape index (κ3) is 2.16. The lowest BCUT2D eigenvalue weighted by molar-refractivity contribution is 0.364. The molecule has 1 heterocycles. The van der Waals surface area contributed by atoms with Crippen LogP contribution in [-0.2, 0) is 9.09 Å². The summed E-state index contributed by atoms with van der Waals surface area (Å²) in [6.07, 6.45) is 12.4. The van der Waals surface area contributed by atoms with Gasteiger partial charge in [-0.3, -0.25) is 4.57 Å². The molecule has 0 N–H and O–H groups in total. The molecule has 3 unspecified atom stereocenters. The van der Waals surface area contributed by atoms with Gasteiger partial charge in [0.15, 0.2) is 0 Å². The molecule has 0 saturated carbocycles. The molecular formula is C10H13O2P. The van der Waals surface area contributed by atoms with E-state index in [2.05, 4.69) is 11.8 Å². The average molecular weight is 196 g/mol. The van der Waals surface area contributed by atoms with Crippen molar-refractivity contribution in [1.29, 1.82) is 0 Å². The van der Waals surface area contributed by atoms with Crippen LogP contribution in [-0.4, -0.2) is 19.4 Å². The van der Waals surface area contributed by atoms with Crippen molar-refractivity contribution in [1.82, 2.24) is 0 Å². The molecule has 70 valence electrons. The molecule has 0 amide bonds. The first-order valence-corrected chi connectivity index (χ1v) is 6.21. The van der Waals surface area contributed by atoms with Crippen molar-refractivity contribution in [3.8, 4) is 24.7 Å². The Balaban J connectivity index is 2.77. The maximum atomic E-state index is 11.8. The molecule has 13 heavy (non-hydrogen) atoms. The molecule has 2 nitrogen and oxygen atoms in total. The van der Waals surface area contributed by atoms with Gasteiger partial charge in [-0.1, -0.05) is 0 Å². The summed E-state index contributed by atoms with van der Waals surface area (Å²) < 4.78 is 16.8. The molecule has 0 aromatic carbocycles. The van der Waals surface area contributed by atoms with E-state index in [-0.39, 0.29) is 11.8 Å². The van der Waals surface area contributed by atoms with Crippen LogP contribution in [0.25, 0.3) is 0 Å². The van der Waals surface area contributed by atoms with Crippen molar-refractivity contribution in [2.24, 2.45) is 11.8 Å². The lowest BCUT2D eigenvalue weighted by Crippen LogP contribution is -2.23. The Bertz CT molecular complexity index is 308. The first-order chi connectivity index (χ1) is 6.15. The predicted octanol–water partition coefficient (Wildman–Crippen LogP) is 1.81. The summed E-state index contributed by atoms with van der Waals surface area (Å²) in [5, 5.41) is 0. The van der Waals surface area contributed by atoms with Gasteiger partial charge in [0.25, 0.3) is 0 Å². The van der Waals surface area contributed by atoms with E-state index in [9.17, 15) is 4.57 Å². The van der Waals surface area contributed by atoms with Gasteiger partial charge in [-0.2, -0.15) is 0 Å². The van der Waals surface area contributed by atoms with E-state index >= 15 is 0 Å². The normalized spacial score (nSPS) is 39.0. The van der Waals surface area contributed by atoms with Crippen LogP contribution in [0.3, 0.4) is 0 Å². The Kier molecular flexibility index (Phi) is 3.21. The van der Waals surface area contributed by atoms with Crippen LogP contribution in [0.4, 0.5) is 0 Å². The largest absolute Gasteiger partial charge is 0.332 e. The van der Waals surface area contributed by atoms with Gasteiger partial charge in [0.1, 0.15) is 0 Å². The van der Waals surface area contributed by atoms with E-state index in [1.165, 1.54) is 7.11 Å². The second-order valence-electron chi connectivity index (χ2n) is 3.24. The van der Waals surface area contributed by atoms with Crippen molar-refractivity contribution in [2.45, 2.75) is 6.42 Å². The van der Waals surface area contributed by atoms with Crippen molar-refractivity contribution >= 4 is 7.37 Å². The van der Waals surface area contributed by atoms with Crippen molar-refractivity contribution in [2.75, 3.05) is 19.4 Å². The van der Waals surface area contributed by atoms with Gasteiger partial charge in [0.05, 0.1) is 0 Å². The Morgan fingerprint density at radius 2 is 2.00 bits per heavy atom. The summed E-state index contributed by atoms with van der Waals surface area (Å²) in [4.78, 5) is 0. The highest BCUT2D eigenvalue weighted by Crippen LogP contribution is 2.53. The minimum atomic E-state index is -2.46. The molecule has 0 bridgehead atoms. The van der Waals surface area contributed by atoms with Gasteiger partial charge < -0.3 is 4.52 Å². The van der Waals surface area contributed by atoms with E-state index in [4.69, 9.17) is 17.4 Å². The van der Waals surface area contributed by atoms with E-state index in [1.54, 1.807) is 0 Å². The van der Waals surface area contributed by atoms with Crippen LogP contribution in [0.2, 0.25) is 0 Å². The highest BCUT2D eigenvalue weighted by atomic mass is 31.2. The maximum Gasteiger partial charge on any atom is 0.204 e. The molecule has 3 atom stereocenters. The lowest BCUT2D eigenvalue weighted by Gasteiger charge is -2.29. The van der Waals surface area contributed by atoms with Gasteiger partial charge in [-0.25, -0.2) is 0 Å². The van der Waals surface area contributed by atoms with Crippen molar-refractivity contribution in [3.05, 3.63) is 0 Å². The molecule has 0 aromatic heterocycles. The standard InChI is InChI=1S/C10H13O2P/c1-4-9-6-7-13(11,12-3)8-10(9)5-2/h1-2,9-10H,6-8H2,3H3. The monoisotopic (exact) mass is 196 g/mol. The number of rotatable bonds is 1. The van der Waals surface area contributed by atoms with Crippen LogP contribution in [0.15, 0.2) is 0 Å². The summed E-state index contributed by atoms with van der Waals surface area (Å²) in [5.74, 6) is 5.24. The SMILES string of the molecule is C#CC1CCP(=O)(OC)CC1C#C. The van der Waals surface area contributed by atoms with Gasteiger partial charge >= 0.3 is 0 Å². The molecule has 0 spiro atoms. The average Bonchev–Trinajstić information content (AvgIpc) is 2.18. The third-order valence-corrected chi connectivity index (χ3v) is 5.06. The van der Waals surface area contributed by atoms with E-state index < -0.39 is 7.37 Å². The van der Waals surface area contributed by atoms with Crippen LogP contribution >= 0.6 is 7.37 Å². The van der Waals surface area contributed by atoms with E-state index in [0.717, 1.165) is 6.42 Å². The Morgan fingerprint density at radius 3 is 2.46 bits per heavy atom. The van der Waals surface area contributed by atoms with Crippen LogP contribution in [0.5, 0.6) is 0 Å². The number of terminal acetylenes is 2. The van der Waals surface area contributed by atoms with Crippen LogP contribution in [0.1, 0.15) is 6.42 Å². The smallest absolute Gasteiger partial charge is 0.204 e. The highest BCUT2D eigenvalue weighted by Gasteiger charge is 2.35. The Hall–Kier alpha value is -0.690. The molecule has 0 aromatic rings. The van der Waals surface area contributed by atoms with Gasteiger partial charge in [-0.05, 0) is 6.42 Å². The fourth-order valence-corrected chi connectivity index (χ4v) is 3.73. The molecule has 0 aliphatic carbocycles. The predicted molar refractivity (Wildman–Crippen MR) is 53.6 cm³/mol. The summed E-state index contributed by atoms with van der Waals surface area (Å²) in [6.45, 7) is 0. The number of hydrogen-bond acceptors (Lipinski definition) is 2. The summed E-state index contributed by atoms with van der Waals surface area (Å²) in [6, 6.07) is 0. The summed E-state index contributed by atoms with van der Waals surface area (Å²) in [5.41, 5.74) is 0. The van der Waals surface area contributed by atoms with Gasteiger partial charge in [0, 0.05) is 31.3 Å². The lowest BCUT2D eigenvalue weighted by atomic mass is 9.93. The molecular weight excluding hydrogens is 183 g/mol. The number of hydrogen-bond donors (Lipinski definition) is 0. The molecule has 0 radical (unpaired) electrons. The zero-order valence-electron chi connectivity index (χ0n) is 7.69. The minimum absolute atomic E-state index is 0.0715. The fraction of sp³-hybridized carbons (Fsp3) is 0.600. The zero-order chi connectivity index (χ0) is 9.90. The third-order valence-electron chi connectivity index (χ3n) is 2.50. The molecule has 3 heteroatoms. The van der Waals surface area contributed by atoms with Crippen LogP contribution < -0.4 is 0 Å². The maximum absolute atomic E-state index is 11.8. The van der Waals surface area contributed by atoms with E-state index in [0.29, 0.717) is 12.3 Å². The van der Waals surface area contributed by atoms with Crippen molar-refractivity contribution in [3.63, 3.8) is 0 Å². The quantitative estimate of drug-likeness (QED) is 0.472. The molecule has 1 rings (SSSR count). The first kappa shape index (κ1) is 10.4. The molecule has 1 aliphatic heterocycles. The van der Waals surface area contributed by atoms with Gasteiger partial charge in [0.2, 0.25) is 7.37 Å². The van der Waals surface area contributed by atoms with Gasteiger partial charge in [-0.15, -0.1) is 24.7 Å². The zero-order valence-corrected chi connectivity index (χ0v) is 8.59. The van der Waals surface area contributed by atoms with E-state index in [1.807, 2.05) is 0 Å². The fourth-order valence-electron chi connectivity index (χ4n) is 1.59. The second-order valence-corrected chi connectivity index (χ2v) is 6.04. The first-order valence-electron chi connectivity index (χ1n) is 4.21. The topological polar surface area (TPSA) is 26.3 Å². The van der Waals surface area contributed by atoms with Crippen molar-refractivity contribution < 1.29 is 9.09 Å². The highest BCUT2D eigenvalue weighted by molar-refractivity contribution is 7.59. The Morgan fingerprint density at radius 1 is 1.38 bits per heavy atom. The molecule has 1 saturated heterocycles. The Labute approximate surface area is 79.5 Å². The molecule has 1 fully saturated rings. The van der Waals surface area contributed by atoms with Crippen LogP contribution in [0, 0.1) is 36.5 Å². The summed E-state index contributed by atoms with van der Waals surface area (Å²) in [7, 11) is -0.979. The second kappa shape index (κ2) is 4.01. The summed E-state index contributed by atoms with van der Waals surface area (Å²) >= 11 is 0.